The predicted octanol–water partition coefficient (Wildman–Crippen LogP) is -0.103. The molecular formula is C12H24N2O2. The third-order valence-corrected chi connectivity index (χ3v) is 3.88. The summed E-state index contributed by atoms with van der Waals surface area (Å²) >= 11 is 0. The third kappa shape index (κ3) is 2.56. The highest BCUT2D eigenvalue weighted by atomic mass is 16.3. The highest BCUT2D eigenvalue weighted by molar-refractivity contribution is 4.95. The molecule has 1 saturated heterocycles. The number of nitrogens with zero attached hydrogens (tertiary/aromatic N) is 2. The van der Waals surface area contributed by atoms with Gasteiger partial charge in [0.2, 0.25) is 0 Å². The smallest absolute Gasteiger partial charge is 0.0695 e. The first-order chi connectivity index (χ1) is 7.58. The van der Waals surface area contributed by atoms with Crippen molar-refractivity contribution in [2.75, 3.05) is 27.2 Å². The van der Waals surface area contributed by atoms with Crippen molar-refractivity contribution in [3.8, 4) is 0 Å². The zero-order valence-corrected chi connectivity index (χ0v) is 10.3. The van der Waals surface area contributed by atoms with Crippen LogP contribution in [0.25, 0.3) is 0 Å². The number of rotatable bonds is 3. The molecule has 2 aliphatic rings. The average molecular weight is 228 g/mol. The Hall–Kier alpha value is -0.160. The largest absolute Gasteiger partial charge is 0.392 e. The molecule has 2 N–H and O–H groups in total. The molecule has 4 heteroatoms. The van der Waals surface area contributed by atoms with Crippen molar-refractivity contribution in [3.63, 3.8) is 0 Å². The number of likely N-dealkylation sites (N-methyl/N-ethyl adjacent to an activating group) is 1. The van der Waals surface area contributed by atoms with Crippen LogP contribution in [0.4, 0.5) is 0 Å². The van der Waals surface area contributed by atoms with E-state index in [1.807, 2.05) is 0 Å². The molecule has 1 aliphatic carbocycles. The van der Waals surface area contributed by atoms with Gasteiger partial charge in [0.15, 0.2) is 0 Å². The summed E-state index contributed by atoms with van der Waals surface area (Å²) in [5.41, 5.74) is 0. The van der Waals surface area contributed by atoms with Crippen LogP contribution >= 0.6 is 0 Å². The van der Waals surface area contributed by atoms with Crippen LogP contribution in [-0.4, -0.2) is 71.5 Å². The summed E-state index contributed by atoms with van der Waals surface area (Å²) in [4.78, 5) is 4.50. The van der Waals surface area contributed by atoms with E-state index >= 15 is 0 Å². The van der Waals surface area contributed by atoms with Gasteiger partial charge in [-0.15, -0.1) is 0 Å². The Labute approximate surface area is 97.9 Å². The number of hydrogen-bond acceptors (Lipinski definition) is 4. The lowest BCUT2D eigenvalue weighted by Crippen LogP contribution is -2.47. The van der Waals surface area contributed by atoms with E-state index in [1.165, 1.54) is 0 Å². The summed E-state index contributed by atoms with van der Waals surface area (Å²) in [6.07, 6.45) is 3.57. The Bertz CT molecular complexity index is 235. The van der Waals surface area contributed by atoms with Crippen LogP contribution in [0, 0.1) is 0 Å². The molecule has 1 heterocycles. The van der Waals surface area contributed by atoms with E-state index < -0.39 is 0 Å². The van der Waals surface area contributed by atoms with Crippen molar-refractivity contribution in [1.82, 2.24) is 9.80 Å². The van der Waals surface area contributed by atoms with Crippen LogP contribution in [0.2, 0.25) is 0 Å². The lowest BCUT2D eigenvalue weighted by atomic mass is 10.1. The highest BCUT2D eigenvalue weighted by Gasteiger charge is 2.40. The summed E-state index contributed by atoms with van der Waals surface area (Å²) in [7, 11) is 4.13. The summed E-state index contributed by atoms with van der Waals surface area (Å²) in [5, 5.41) is 19.7. The van der Waals surface area contributed by atoms with Gasteiger partial charge in [-0.1, -0.05) is 0 Å². The van der Waals surface area contributed by atoms with Crippen LogP contribution in [0.5, 0.6) is 0 Å². The SMILES string of the molecule is CN(C)CC1CC(O)CN1[C@@H]1CCC[C@H]1O. The van der Waals surface area contributed by atoms with E-state index in [0.717, 1.165) is 38.8 Å². The van der Waals surface area contributed by atoms with Gasteiger partial charge < -0.3 is 15.1 Å². The molecule has 0 aromatic heterocycles. The van der Waals surface area contributed by atoms with Crippen molar-refractivity contribution < 1.29 is 10.2 Å². The van der Waals surface area contributed by atoms with Gasteiger partial charge in [-0.2, -0.15) is 0 Å². The molecule has 2 fully saturated rings. The Morgan fingerprint density at radius 1 is 1.25 bits per heavy atom. The number of hydrogen-bond donors (Lipinski definition) is 2. The van der Waals surface area contributed by atoms with Gasteiger partial charge in [-0.25, -0.2) is 0 Å². The molecule has 0 bridgehead atoms. The minimum absolute atomic E-state index is 0.185. The molecule has 4 nitrogen and oxygen atoms in total. The first-order valence-corrected chi connectivity index (χ1v) is 6.34. The summed E-state index contributed by atoms with van der Waals surface area (Å²) in [6.45, 7) is 1.71. The molecule has 2 unspecified atom stereocenters. The Balaban J connectivity index is 2.00. The van der Waals surface area contributed by atoms with E-state index in [9.17, 15) is 10.2 Å². The van der Waals surface area contributed by atoms with Crippen molar-refractivity contribution in [1.29, 1.82) is 0 Å². The van der Waals surface area contributed by atoms with Gasteiger partial charge in [0.1, 0.15) is 0 Å². The van der Waals surface area contributed by atoms with Gasteiger partial charge in [0, 0.05) is 25.2 Å². The van der Waals surface area contributed by atoms with E-state index in [2.05, 4.69) is 23.9 Å². The normalized spacial score (nSPS) is 41.1. The molecule has 94 valence electrons. The van der Waals surface area contributed by atoms with Crippen LogP contribution in [-0.2, 0) is 0 Å². The molecule has 1 aliphatic heterocycles. The van der Waals surface area contributed by atoms with Crippen LogP contribution < -0.4 is 0 Å². The fourth-order valence-electron chi connectivity index (χ4n) is 3.23. The van der Waals surface area contributed by atoms with E-state index in [0.29, 0.717) is 6.04 Å². The fourth-order valence-corrected chi connectivity index (χ4v) is 3.23. The quantitative estimate of drug-likeness (QED) is 0.708. The third-order valence-electron chi connectivity index (χ3n) is 3.88. The Morgan fingerprint density at radius 2 is 2.00 bits per heavy atom. The van der Waals surface area contributed by atoms with Crippen molar-refractivity contribution in [2.24, 2.45) is 0 Å². The summed E-state index contributed by atoms with van der Waals surface area (Å²) in [6, 6.07) is 0.685. The number of aliphatic hydroxyl groups excluding tert-OH is 2. The van der Waals surface area contributed by atoms with Crippen molar-refractivity contribution in [2.45, 2.75) is 50.0 Å². The maximum absolute atomic E-state index is 9.95. The van der Waals surface area contributed by atoms with E-state index in [4.69, 9.17) is 0 Å². The lowest BCUT2D eigenvalue weighted by molar-refractivity contribution is 0.0513. The number of β-amino-alcohol motifs (C(OH)–C–C–N with tert-alkyl or cyclic N) is 1. The second-order valence-corrected chi connectivity index (χ2v) is 5.57. The van der Waals surface area contributed by atoms with Gasteiger partial charge >= 0.3 is 0 Å². The predicted molar refractivity (Wildman–Crippen MR) is 63.3 cm³/mol. The fraction of sp³-hybridized carbons (Fsp3) is 1.00. The van der Waals surface area contributed by atoms with Crippen LogP contribution in [0.1, 0.15) is 25.7 Å². The average Bonchev–Trinajstić information content (AvgIpc) is 2.71. The zero-order valence-electron chi connectivity index (χ0n) is 10.3. The Kier molecular flexibility index (Phi) is 3.85. The molecule has 0 aromatic carbocycles. The van der Waals surface area contributed by atoms with Gasteiger partial charge in [-0.3, -0.25) is 4.90 Å². The topological polar surface area (TPSA) is 46.9 Å². The second kappa shape index (κ2) is 5.00. The zero-order chi connectivity index (χ0) is 11.7. The minimum atomic E-state index is -0.210. The first kappa shape index (κ1) is 12.3. The van der Waals surface area contributed by atoms with Crippen molar-refractivity contribution >= 4 is 0 Å². The minimum Gasteiger partial charge on any atom is -0.392 e. The standard InChI is InChI=1S/C12H24N2O2/c1-13(2)7-9-6-10(15)8-14(9)11-4-3-5-12(11)16/h9-12,15-16H,3-8H2,1-2H3/t9?,10?,11-,12-/m1/s1. The molecule has 4 atom stereocenters. The lowest BCUT2D eigenvalue weighted by Gasteiger charge is -2.33. The molecule has 0 aromatic rings. The molecule has 16 heavy (non-hydrogen) atoms. The summed E-state index contributed by atoms with van der Waals surface area (Å²) in [5.74, 6) is 0. The summed E-state index contributed by atoms with van der Waals surface area (Å²) < 4.78 is 0. The van der Waals surface area contributed by atoms with E-state index in [-0.39, 0.29) is 18.2 Å². The second-order valence-electron chi connectivity index (χ2n) is 5.57. The maximum Gasteiger partial charge on any atom is 0.0695 e. The Morgan fingerprint density at radius 3 is 2.56 bits per heavy atom. The van der Waals surface area contributed by atoms with Crippen LogP contribution in [0.15, 0.2) is 0 Å². The molecule has 0 radical (unpaired) electrons. The highest BCUT2D eigenvalue weighted by Crippen LogP contribution is 2.30. The van der Waals surface area contributed by atoms with Gasteiger partial charge in [0.05, 0.1) is 12.2 Å². The molecule has 0 amide bonds. The maximum atomic E-state index is 9.95. The van der Waals surface area contributed by atoms with Crippen LogP contribution in [0.3, 0.4) is 0 Å². The number of likely N-dealkylation sites (tertiary alicyclic amines) is 1. The monoisotopic (exact) mass is 228 g/mol. The number of aliphatic hydroxyl groups is 2. The molecule has 2 rings (SSSR count). The molecule has 0 spiro atoms. The van der Waals surface area contributed by atoms with Gasteiger partial charge in [-0.05, 0) is 39.8 Å². The molecular weight excluding hydrogens is 204 g/mol. The van der Waals surface area contributed by atoms with E-state index in [1.54, 1.807) is 0 Å². The molecule has 1 saturated carbocycles. The van der Waals surface area contributed by atoms with Gasteiger partial charge in [0.25, 0.3) is 0 Å². The van der Waals surface area contributed by atoms with Crippen molar-refractivity contribution in [3.05, 3.63) is 0 Å². The first-order valence-electron chi connectivity index (χ1n) is 6.34.